The van der Waals surface area contributed by atoms with Crippen LogP contribution < -0.4 is 0 Å². The maximum atomic E-state index is 9.69. The van der Waals surface area contributed by atoms with Crippen molar-refractivity contribution in [3.8, 4) is 0 Å². The van der Waals surface area contributed by atoms with Crippen LogP contribution in [0.4, 0.5) is 0 Å². The first kappa shape index (κ1) is 9.75. The van der Waals surface area contributed by atoms with Crippen LogP contribution in [-0.4, -0.2) is 5.11 Å². The van der Waals surface area contributed by atoms with Gasteiger partial charge in [0.05, 0.1) is 5.60 Å². The van der Waals surface area contributed by atoms with Crippen LogP contribution in [0.5, 0.6) is 0 Å². The third-order valence-corrected chi connectivity index (χ3v) is 2.44. The minimum atomic E-state index is -0.738. The summed E-state index contributed by atoms with van der Waals surface area (Å²) in [5.74, 6) is 0. The van der Waals surface area contributed by atoms with Gasteiger partial charge >= 0.3 is 0 Å². The van der Waals surface area contributed by atoms with Gasteiger partial charge in [-0.05, 0) is 25.0 Å². The summed E-state index contributed by atoms with van der Waals surface area (Å²) in [5.41, 5.74) is 1.41. The molecule has 1 aromatic carbocycles. The van der Waals surface area contributed by atoms with Gasteiger partial charge in [0.2, 0.25) is 0 Å². The number of benzene rings is 1. The SMILES string of the molecule is CC(C)(O)c1cccc(CBr)c1. The number of rotatable bonds is 2. The van der Waals surface area contributed by atoms with Crippen LogP contribution in [0.1, 0.15) is 25.0 Å². The lowest BCUT2D eigenvalue weighted by Gasteiger charge is -2.18. The van der Waals surface area contributed by atoms with E-state index in [9.17, 15) is 5.11 Å². The lowest BCUT2D eigenvalue weighted by molar-refractivity contribution is 0.0785. The fourth-order valence-corrected chi connectivity index (χ4v) is 1.38. The van der Waals surface area contributed by atoms with Crippen LogP contribution in [-0.2, 0) is 10.9 Å². The zero-order valence-electron chi connectivity index (χ0n) is 7.34. The van der Waals surface area contributed by atoms with Gasteiger partial charge in [-0.1, -0.05) is 40.2 Å². The van der Waals surface area contributed by atoms with Crippen molar-refractivity contribution < 1.29 is 5.11 Å². The lowest BCUT2D eigenvalue weighted by atomic mass is 9.97. The standard InChI is InChI=1S/C10H13BrO/c1-10(2,12)9-5-3-4-8(6-9)7-11/h3-6,12H,7H2,1-2H3. The van der Waals surface area contributed by atoms with Gasteiger partial charge in [-0.3, -0.25) is 0 Å². The van der Waals surface area contributed by atoms with Gasteiger partial charge < -0.3 is 5.11 Å². The average molecular weight is 229 g/mol. The molecule has 0 saturated carbocycles. The van der Waals surface area contributed by atoms with Crippen LogP contribution in [0.25, 0.3) is 0 Å². The molecule has 0 aromatic heterocycles. The second-order valence-electron chi connectivity index (χ2n) is 3.39. The van der Waals surface area contributed by atoms with Crippen molar-refractivity contribution in [1.82, 2.24) is 0 Å². The first-order valence-electron chi connectivity index (χ1n) is 3.92. The maximum Gasteiger partial charge on any atom is 0.0840 e. The normalized spacial score (nSPS) is 11.7. The molecule has 66 valence electrons. The smallest absolute Gasteiger partial charge is 0.0840 e. The van der Waals surface area contributed by atoms with Crippen molar-refractivity contribution >= 4 is 15.9 Å². The fraction of sp³-hybridized carbons (Fsp3) is 0.400. The monoisotopic (exact) mass is 228 g/mol. The van der Waals surface area contributed by atoms with E-state index in [1.54, 1.807) is 13.8 Å². The summed E-state index contributed by atoms with van der Waals surface area (Å²) < 4.78 is 0. The van der Waals surface area contributed by atoms with Gasteiger partial charge in [0.25, 0.3) is 0 Å². The van der Waals surface area contributed by atoms with Crippen molar-refractivity contribution in [2.24, 2.45) is 0 Å². The highest BCUT2D eigenvalue weighted by atomic mass is 79.9. The lowest BCUT2D eigenvalue weighted by Crippen LogP contribution is -2.15. The molecule has 0 atom stereocenters. The highest BCUT2D eigenvalue weighted by Gasteiger charge is 2.15. The van der Waals surface area contributed by atoms with Gasteiger partial charge in [-0.25, -0.2) is 0 Å². The van der Waals surface area contributed by atoms with E-state index in [1.807, 2.05) is 24.3 Å². The minimum Gasteiger partial charge on any atom is -0.386 e. The summed E-state index contributed by atoms with van der Waals surface area (Å²) in [6.45, 7) is 3.58. The Morgan fingerprint density at radius 3 is 2.58 bits per heavy atom. The fourth-order valence-electron chi connectivity index (χ4n) is 1.04. The summed E-state index contributed by atoms with van der Waals surface area (Å²) in [6.07, 6.45) is 0. The van der Waals surface area contributed by atoms with Gasteiger partial charge in [0, 0.05) is 5.33 Å². The predicted molar refractivity (Wildman–Crippen MR) is 54.3 cm³/mol. The number of halogens is 1. The highest BCUT2D eigenvalue weighted by molar-refractivity contribution is 9.08. The Hall–Kier alpha value is -0.340. The molecule has 0 spiro atoms. The van der Waals surface area contributed by atoms with Crippen LogP contribution in [0.2, 0.25) is 0 Å². The third kappa shape index (κ3) is 2.32. The average Bonchev–Trinajstić information content (AvgIpc) is 2.03. The van der Waals surface area contributed by atoms with Gasteiger partial charge in [-0.15, -0.1) is 0 Å². The molecule has 1 N–H and O–H groups in total. The van der Waals surface area contributed by atoms with E-state index in [1.165, 1.54) is 5.56 Å². The van der Waals surface area contributed by atoms with E-state index in [0.717, 1.165) is 10.9 Å². The van der Waals surface area contributed by atoms with Gasteiger partial charge in [0.1, 0.15) is 0 Å². The Labute approximate surface area is 81.6 Å². The topological polar surface area (TPSA) is 20.2 Å². The molecule has 0 saturated heterocycles. The Morgan fingerprint density at radius 2 is 2.08 bits per heavy atom. The van der Waals surface area contributed by atoms with E-state index < -0.39 is 5.60 Å². The van der Waals surface area contributed by atoms with Gasteiger partial charge in [-0.2, -0.15) is 0 Å². The molecular weight excluding hydrogens is 216 g/mol. The molecule has 0 unspecified atom stereocenters. The molecular formula is C10H13BrO. The van der Waals surface area contributed by atoms with Crippen molar-refractivity contribution in [2.75, 3.05) is 0 Å². The first-order valence-corrected chi connectivity index (χ1v) is 5.04. The quantitative estimate of drug-likeness (QED) is 0.773. The maximum absolute atomic E-state index is 9.69. The second kappa shape index (κ2) is 3.58. The van der Waals surface area contributed by atoms with E-state index in [0.29, 0.717) is 0 Å². The van der Waals surface area contributed by atoms with Crippen molar-refractivity contribution in [2.45, 2.75) is 24.8 Å². The molecule has 0 bridgehead atoms. The zero-order valence-corrected chi connectivity index (χ0v) is 8.93. The largest absolute Gasteiger partial charge is 0.386 e. The number of alkyl halides is 1. The summed E-state index contributed by atoms with van der Waals surface area (Å²) in [4.78, 5) is 0. The minimum absolute atomic E-state index is 0.738. The van der Waals surface area contributed by atoms with E-state index in [4.69, 9.17) is 0 Å². The molecule has 0 radical (unpaired) electrons. The van der Waals surface area contributed by atoms with Crippen molar-refractivity contribution in [3.05, 3.63) is 35.4 Å². The summed E-state index contributed by atoms with van der Waals surface area (Å²) in [7, 11) is 0. The van der Waals surface area contributed by atoms with Crippen LogP contribution >= 0.6 is 15.9 Å². The predicted octanol–water partition coefficient (Wildman–Crippen LogP) is 2.81. The van der Waals surface area contributed by atoms with E-state index >= 15 is 0 Å². The molecule has 1 nitrogen and oxygen atoms in total. The molecule has 1 rings (SSSR count). The molecule has 12 heavy (non-hydrogen) atoms. The highest BCUT2D eigenvalue weighted by Crippen LogP contribution is 2.21. The Balaban J connectivity index is 3.02. The Morgan fingerprint density at radius 1 is 1.42 bits per heavy atom. The Bertz CT molecular complexity index is 263. The molecule has 0 aliphatic rings. The molecule has 0 amide bonds. The van der Waals surface area contributed by atoms with E-state index in [-0.39, 0.29) is 0 Å². The number of aliphatic hydroxyl groups is 1. The van der Waals surface area contributed by atoms with E-state index in [2.05, 4.69) is 15.9 Å². The summed E-state index contributed by atoms with van der Waals surface area (Å²) >= 11 is 3.38. The third-order valence-electron chi connectivity index (χ3n) is 1.79. The summed E-state index contributed by atoms with van der Waals surface area (Å²) in [6, 6.07) is 7.94. The van der Waals surface area contributed by atoms with Crippen molar-refractivity contribution in [3.63, 3.8) is 0 Å². The number of hydrogen-bond acceptors (Lipinski definition) is 1. The van der Waals surface area contributed by atoms with Crippen molar-refractivity contribution in [1.29, 1.82) is 0 Å². The van der Waals surface area contributed by atoms with Crippen LogP contribution in [0, 0.1) is 0 Å². The second-order valence-corrected chi connectivity index (χ2v) is 3.95. The zero-order chi connectivity index (χ0) is 9.19. The molecule has 2 heteroatoms. The molecule has 1 aromatic rings. The number of hydrogen-bond donors (Lipinski definition) is 1. The molecule has 0 fully saturated rings. The van der Waals surface area contributed by atoms with Crippen LogP contribution in [0.15, 0.2) is 24.3 Å². The molecule has 0 aliphatic carbocycles. The summed E-state index contributed by atoms with van der Waals surface area (Å²) in [5, 5.41) is 10.5. The van der Waals surface area contributed by atoms with Gasteiger partial charge in [0.15, 0.2) is 0 Å². The first-order chi connectivity index (χ1) is 5.54. The molecule has 0 heterocycles. The van der Waals surface area contributed by atoms with Crippen LogP contribution in [0.3, 0.4) is 0 Å². The molecule has 0 aliphatic heterocycles. The Kier molecular flexibility index (Phi) is 2.91.